The molecule has 7 nitrogen and oxygen atoms in total. The first-order valence-electron chi connectivity index (χ1n) is 11.4. The van der Waals surface area contributed by atoms with Crippen molar-refractivity contribution in [3.05, 3.63) is 59.8 Å². The van der Waals surface area contributed by atoms with Gasteiger partial charge in [-0.05, 0) is 42.7 Å². The number of anilines is 1. The molecule has 0 unspecified atom stereocenters. The minimum atomic E-state index is -4.43. The SMILES string of the molecule is O=C(CCC(F)(F)F)CN1C(=O)C2(CCN(C(=O)c3ccc4[nH]ncc4c3)CC2)c2ccccc21. The average molecular weight is 484 g/mol. The smallest absolute Gasteiger partial charge is 0.339 e. The van der Waals surface area contributed by atoms with Gasteiger partial charge in [-0.2, -0.15) is 18.3 Å². The van der Waals surface area contributed by atoms with E-state index in [1.807, 2.05) is 6.07 Å². The topological polar surface area (TPSA) is 86.4 Å². The van der Waals surface area contributed by atoms with E-state index < -0.39 is 30.2 Å². The minimum absolute atomic E-state index is 0.138. The summed E-state index contributed by atoms with van der Waals surface area (Å²) in [5.41, 5.74) is 1.79. The lowest BCUT2D eigenvalue weighted by molar-refractivity contribution is -0.142. The molecule has 1 spiro atoms. The third-order valence-electron chi connectivity index (χ3n) is 6.98. The Labute approximate surface area is 198 Å². The van der Waals surface area contributed by atoms with Crippen LogP contribution in [0, 0.1) is 0 Å². The van der Waals surface area contributed by atoms with E-state index in [4.69, 9.17) is 0 Å². The molecule has 1 aromatic heterocycles. The van der Waals surface area contributed by atoms with Gasteiger partial charge in [0.25, 0.3) is 5.91 Å². The molecule has 35 heavy (non-hydrogen) atoms. The number of H-pyrrole nitrogens is 1. The lowest BCUT2D eigenvalue weighted by atomic mass is 9.73. The second-order valence-corrected chi connectivity index (χ2v) is 9.11. The number of likely N-dealkylation sites (tertiary alicyclic amines) is 1. The first-order chi connectivity index (χ1) is 16.7. The summed E-state index contributed by atoms with van der Waals surface area (Å²) in [6, 6.07) is 12.4. The number of ketones is 1. The number of piperidine rings is 1. The molecule has 1 N–H and O–H groups in total. The first-order valence-corrected chi connectivity index (χ1v) is 11.4. The highest BCUT2D eigenvalue weighted by Crippen LogP contribution is 2.48. The van der Waals surface area contributed by atoms with E-state index in [1.165, 1.54) is 4.90 Å². The number of nitrogens with one attached hydrogen (secondary N) is 1. The van der Waals surface area contributed by atoms with Gasteiger partial charge < -0.3 is 9.80 Å². The van der Waals surface area contributed by atoms with Gasteiger partial charge in [-0.15, -0.1) is 0 Å². The van der Waals surface area contributed by atoms with E-state index in [1.54, 1.807) is 47.5 Å². The van der Waals surface area contributed by atoms with E-state index in [2.05, 4.69) is 10.2 Å². The van der Waals surface area contributed by atoms with Gasteiger partial charge in [0.15, 0.2) is 5.78 Å². The van der Waals surface area contributed by atoms with Crippen LogP contribution in [0.1, 0.15) is 41.6 Å². The fourth-order valence-corrected chi connectivity index (χ4v) is 5.12. The summed E-state index contributed by atoms with van der Waals surface area (Å²) in [6.07, 6.45) is -3.90. The lowest BCUT2D eigenvalue weighted by Gasteiger charge is -2.38. The highest BCUT2D eigenvalue weighted by Gasteiger charge is 2.52. The van der Waals surface area contributed by atoms with Crippen molar-refractivity contribution >= 4 is 34.2 Å². The van der Waals surface area contributed by atoms with Crippen molar-refractivity contribution in [1.82, 2.24) is 15.1 Å². The Morgan fingerprint density at radius 3 is 2.57 bits per heavy atom. The molecule has 10 heteroatoms. The molecule has 2 aliphatic rings. The normalized spacial score (nSPS) is 17.3. The maximum atomic E-state index is 13.6. The van der Waals surface area contributed by atoms with Gasteiger partial charge in [-0.1, -0.05) is 18.2 Å². The molecule has 0 saturated carbocycles. The van der Waals surface area contributed by atoms with Crippen LogP contribution in [0.15, 0.2) is 48.7 Å². The van der Waals surface area contributed by atoms with Crippen LogP contribution in [-0.4, -0.2) is 58.5 Å². The number of carbonyl (C=O) groups excluding carboxylic acids is 3. The summed E-state index contributed by atoms with van der Waals surface area (Å²) < 4.78 is 37.6. The molecule has 0 aliphatic carbocycles. The fraction of sp³-hybridized carbons (Fsp3) is 0.360. The van der Waals surface area contributed by atoms with E-state index in [-0.39, 0.29) is 18.4 Å². The van der Waals surface area contributed by atoms with E-state index >= 15 is 0 Å². The van der Waals surface area contributed by atoms with Gasteiger partial charge in [0.2, 0.25) is 5.91 Å². The quantitative estimate of drug-likeness (QED) is 0.593. The number of fused-ring (bicyclic) bond motifs is 3. The van der Waals surface area contributed by atoms with Gasteiger partial charge >= 0.3 is 6.18 Å². The van der Waals surface area contributed by atoms with Gasteiger partial charge in [0, 0.05) is 36.1 Å². The second-order valence-electron chi connectivity index (χ2n) is 9.11. The third kappa shape index (κ3) is 4.17. The van der Waals surface area contributed by atoms with Gasteiger partial charge in [0.05, 0.1) is 30.1 Å². The number of para-hydroxylation sites is 1. The van der Waals surface area contributed by atoms with Crippen LogP contribution in [0.5, 0.6) is 0 Å². The minimum Gasteiger partial charge on any atom is -0.339 e. The van der Waals surface area contributed by atoms with Crippen LogP contribution in [0.25, 0.3) is 10.9 Å². The molecule has 182 valence electrons. The molecule has 0 atom stereocenters. The molecular formula is C25H23F3N4O3. The van der Waals surface area contributed by atoms with Gasteiger partial charge in [-0.25, -0.2) is 0 Å². The molecule has 1 fully saturated rings. The van der Waals surface area contributed by atoms with Crippen molar-refractivity contribution in [3.8, 4) is 0 Å². The lowest BCUT2D eigenvalue weighted by Crippen LogP contribution is -2.50. The number of hydrogen-bond donors (Lipinski definition) is 1. The maximum Gasteiger partial charge on any atom is 0.389 e. The van der Waals surface area contributed by atoms with Crippen molar-refractivity contribution in [1.29, 1.82) is 0 Å². The van der Waals surface area contributed by atoms with Crippen molar-refractivity contribution in [2.45, 2.75) is 37.3 Å². The predicted molar refractivity (Wildman–Crippen MR) is 122 cm³/mol. The third-order valence-corrected chi connectivity index (χ3v) is 6.98. The van der Waals surface area contributed by atoms with E-state index in [0.29, 0.717) is 37.2 Å². The van der Waals surface area contributed by atoms with Crippen LogP contribution in [0.3, 0.4) is 0 Å². The number of alkyl halides is 3. The summed E-state index contributed by atoms with van der Waals surface area (Å²) in [7, 11) is 0. The molecule has 2 amide bonds. The number of aromatic nitrogens is 2. The highest BCUT2D eigenvalue weighted by atomic mass is 19.4. The van der Waals surface area contributed by atoms with Gasteiger partial charge in [0.1, 0.15) is 0 Å². The van der Waals surface area contributed by atoms with E-state index in [0.717, 1.165) is 16.5 Å². The molecule has 0 bridgehead atoms. The number of nitrogens with zero attached hydrogens (tertiary/aromatic N) is 3. The molecule has 2 aliphatic heterocycles. The van der Waals surface area contributed by atoms with E-state index in [9.17, 15) is 27.6 Å². The summed E-state index contributed by atoms with van der Waals surface area (Å²) >= 11 is 0. The molecule has 3 aromatic rings. The molecular weight excluding hydrogens is 461 g/mol. The number of halogens is 3. The van der Waals surface area contributed by atoms with Crippen molar-refractivity contribution in [2.24, 2.45) is 0 Å². The monoisotopic (exact) mass is 484 g/mol. The van der Waals surface area contributed by atoms with Crippen LogP contribution in [0.4, 0.5) is 18.9 Å². The number of amides is 2. The second kappa shape index (κ2) is 8.51. The number of aromatic amines is 1. The number of rotatable bonds is 5. The Morgan fingerprint density at radius 2 is 1.83 bits per heavy atom. The molecule has 0 radical (unpaired) electrons. The highest BCUT2D eigenvalue weighted by molar-refractivity contribution is 6.11. The summed E-state index contributed by atoms with van der Waals surface area (Å²) in [6.45, 7) is 0.303. The zero-order valence-corrected chi connectivity index (χ0v) is 18.8. The number of benzene rings is 2. The zero-order valence-electron chi connectivity index (χ0n) is 18.8. The standard InChI is InChI=1S/C25H23F3N4O3/c26-25(27,28)8-7-18(33)15-32-21-4-2-1-3-19(21)24(23(32)35)9-11-31(12-10-24)22(34)16-5-6-20-17(13-16)14-29-30-20/h1-6,13-14H,7-12,15H2,(H,29,30). The average Bonchev–Trinajstić information content (AvgIpc) is 3.40. The summed E-state index contributed by atoms with van der Waals surface area (Å²) in [5, 5.41) is 7.65. The Balaban J connectivity index is 1.32. The van der Waals surface area contributed by atoms with Crippen LogP contribution in [-0.2, 0) is 15.0 Å². The molecule has 2 aromatic carbocycles. The van der Waals surface area contributed by atoms with Gasteiger partial charge in [-0.3, -0.25) is 19.5 Å². The van der Waals surface area contributed by atoms with Crippen molar-refractivity contribution in [2.75, 3.05) is 24.5 Å². The Hall–Kier alpha value is -3.69. The molecule has 1 saturated heterocycles. The predicted octanol–water partition coefficient (Wildman–Crippen LogP) is 4.00. The zero-order chi connectivity index (χ0) is 24.8. The summed E-state index contributed by atoms with van der Waals surface area (Å²) in [4.78, 5) is 42.0. The number of Topliss-reactive ketones (excluding diaryl/α,β-unsaturated/α-hetero) is 1. The summed E-state index contributed by atoms with van der Waals surface area (Å²) in [5.74, 6) is -1.06. The largest absolute Gasteiger partial charge is 0.389 e. The van der Waals surface area contributed by atoms with Crippen LogP contribution >= 0.6 is 0 Å². The Kier molecular flexibility index (Phi) is 5.61. The fourth-order valence-electron chi connectivity index (χ4n) is 5.12. The Morgan fingerprint density at radius 1 is 1.09 bits per heavy atom. The number of carbonyl (C=O) groups is 3. The number of hydrogen-bond acceptors (Lipinski definition) is 4. The Bertz CT molecular complexity index is 1310. The van der Waals surface area contributed by atoms with Crippen molar-refractivity contribution < 1.29 is 27.6 Å². The van der Waals surface area contributed by atoms with Crippen LogP contribution < -0.4 is 4.90 Å². The first kappa shape index (κ1) is 23.1. The molecule has 5 rings (SSSR count). The van der Waals surface area contributed by atoms with Crippen molar-refractivity contribution in [3.63, 3.8) is 0 Å². The molecule has 3 heterocycles. The maximum absolute atomic E-state index is 13.6. The van der Waals surface area contributed by atoms with Crippen LogP contribution in [0.2, 0.25) is 0 Å².